The van der Waals surface area contributed by atoms with Gasteiger partial charge in [-0.15, -0.1) is 0 Å². The average Bonchev–Trinajstić information content (AvgIpc) is 3.00. The van der Waals surface area contributed by atoms with Crippen LogP contribution in [-0.4, -0.2) is 19.1 Å². The highest BCUT2D eigenvalue weighted by Gasteiger charge is 2.18. The molecule has 2 aromatic rings. The minimum absolute atomic E-state index is 0.362. The molecule has 7 heteroatoms. The highest BCUT2D eigenvalue weighted by molar-refractivity contribution is 6.29. The van der Waals surface area contributed by atoms with Crippen LogP contribution in [0.3, 0.4) is 0 Å². The highest BCUT2D eigenvalue weighted by atomic mass is 35.5. The van der Waals surface area contributed by atoms with E-state index in [2.05, 4.69) is 16.0 Å². The first-order chi connectivity index (χ1) is 12.7. The van der Waals surface area contributed by atoms with Crippen LogP contribution in [-0.2, 0) is 6.54 Å². The number of pyridine rings is 2. The van der Waals surface area contributed by atoms with Crippen molar-refractivity contribution in [1.29, 1.82) is 5.26 Å². The Balaban J connectivity index is 1.76. The number of fused-ring (bicyclic) bond motifs is 1. The molecule has 0 saturated heterocycles. The van der Waals surface area contributed by atoms with E-state index in [9.17, 15) is 4.79 Å². The van der Waals surface area contributed by atoms with Crippen LogP contribution in [0.2, 0.25) is 5.15 Å². The van der Waals surface area contributed by atoms with Gasteiger partial charge in [-0.2, -0.15) is 10.2 Å². The van der Waals surface area contributed by atoms with Crippen molar-refractivity contribution in [3.8, 4) is 23.3 Å². The first-order valence-electron chi connectivity index (χ1n) is 7.84. The van der Waals surface area contributed by atoms with Crippen molar-refractivity contribution in [3.63, 3.8) is 0 Å². The summed E-state index contributed by atoms with van der Waals surface area (Å²) in [4.78, 5) is 20.8. The molecule has 4 rings (SSSR count). The molecule has 3 heterocycles. The smallest absolute Gasteiger partial charge is 0.327 e. The number of nitriles is 1. The number of hydrogen-bond donors (Lipinski definition) is 0. The molecular formula is C19H12ClN5O. The number of imidazole rings is 1. The Bertz CT molecular complexity index is 1140. The molecule has 6 nitrogen and oxygen atoms in total. The van der Waals surface area contributed by atoms with Crippen LogP contribution >= 0.6 is 11.6 Å². The molecule has 0 amide bonds. The van der Waals surface area contributed by atoms with Crippen LogP contribution in [0.1, 0.15) is 11.1 Å². The molecule has 126 valence electrons. The van der Waals surface area contributed by atoms with Gasteiger partial charge in [0.1, 0.15) is 5.15 Å². The summed E-state index contributed by atoms with van der Waals surface area (Å²) in [5, 5.41) is 9.37. The Labute approximate surface area is 153 Å². The molecule has 0 bridgehead atoms. The van der Waals surface area contributed by atoms with Crippen molar-refractivity contribution < 1.29 is 0 Å². The van der Waals surface area contributed by atoms with Crippen LogP contribution in [0.15, 0.2) is 65.7 Å². The summed E-state index contributed by atoms with van der Waals surface area (Å²) in [7, 11) is 0. The monoisotopic (exact) mass is 361 g/mol. The lowest BCUT2D eigenvalue weighted by molar-refractivity contribution is 0.779. The highest BCUT2D eigenvalue weighted by Crippen LogP contribution is 2.22. The quantitative estimate of drug-likeness (QED) is 0.525. The minimum Gasteiger partial charge on any atom is -0.327 e. The Morgan fingerprint density at radius 3 is 2.62 bits per heavy atom. The largest absolute Gasteiger partial charge is 0.354 e. The van der Waals surface area contributed by atoms with E-state index in [0.29, 0.717) is 34.5 Å². The van der Waals surface area contributed by atoms with Gasteiger partial charge in [0, 0.05) is 12.4 Å². The van der Waals surface area contributed by atoms with E-state index in [1.807, 2.05) is 29.0 Å². The topological polar surface area (TPSA) is 76.5 Å². The molecular weight excluding hydrogens is 350 g/mol. The molecule has 0 radical (unpaired) electrons. The van der Waals surface area contributed by atoms with E-state index in [1.54, 1.807) is 36.5 Å². The van der Waals surface area contributed by atoms with Crippen LogP contribution in [0.5, 0.6) is 0 Å². The molecule has 0 N–H and O–H groups in total. The van der Waals surface area contributed by atoms with E-state index >= 15 is 0 Å². The van der Waals surface area contributed by atoms with Crippen LogP contribution < -0.4 is 5.69 Å². The molecule has 2 aliphatic rings. The zero-order valence-corrected chi connectivity index (χ0v) is 14.3. The average molecular weight is 362 g/mol. The number of hydrogen-bond acceptors (Lipinski definition) is 4. The second-order valence-corrected chi connectivity index (χ2v) is 6.11. The van der Waals surface area contributed by atoms with E-state index in [-0.39, 0.29) is 5.69 Å². The van der Waals surface area contributed by atoms with Crippen molar-refractivity contribution in [2.75, 3.05) is 0 Å². The molecule has 1 aromatic carbocycles. The van der Waals surface area contributed by atoms with Crippen molar-refractivity contribution in [3.05, 3.63) is 87.7 Å². The SMILES string of the molecule is N#Cc1ccc(-n2c3cccn(Cc4ccc(Cl)nc4)c-3nc2=O)cc1. The lowest BCUT2D eigenvalue weighted by Crippen LogP contribution is -2.14. The van der Waals surface area contributed by atoms with Gasteiger partial charge in [-0.1, -0.05) is 17.7 Å². The van der Waals surface area contributed by atoms with Gasteiger partial charge in [-0.3, -0.25) is 4.57 Å². The third kappa shape index (κ3) is 2.85. The summed E-state index contributed by atoms with van der Waals surface area (Å²) in [5.74, 6) is 0.580. The fraction of sp³-hybridized carbons (Fsp3) is 0.0526. The zero-order valence-electron chi connectivity index (χ0n) is 13.5. The fourth-order valence-electron chi connectivity index (χ4n) is 2.83. The molecule has 0 spiro atoms. The van der Waals surface area contributed by atoms with Gasteiger partial charge >= 0.3 is 5.69 Å². The Morgan fingerprint density at radius 1 is 1.12 bits per heavy atom. The minimum atomic E-state index is -0.362. The molecule has 0 saturated carbocycles. The molecule has 0 aliphatic carbocycles. The van der Waals surface area contributed by atoms with E-state index in [1.165, 1.54) is 4.57 Å². The van der Waals surface area contributed by atoms with Gasteiger partial charge in [-0.05, 0) is 48.0 Å². The van der Waals surface area contributed by atoms with Crippen molar-refractivity contribution in [1.82, 2.24) is 19.1 Å². The van der Waals surface area contributed by atoms with Crippen molar-refractivity contribution in [2.24, 2.45) is 0 Å². The maximum absolute atomic E-state index is 12.5. The van der Waals surface area contributed by atoms with Gasteiger partial charge in [0.15, 0.2) is 5.82 Å². The van der Waals surface area contributed by atoms with Gasteiger partial charge < -0.3 is 4.57 Å². The molecule has 0 fully saturated rings. The molecule has 2 aliphatic heterocycles. The number of benzene rings is 1. The number of nitrogens with zero attached hydrogens (tertiary/aromatic N) is 5. The lowest BCUT2D eigenvalue weighted by atomic mass is 10.2. The molecule has 0 atom stereocenters. The molecule has 1 aromatic heterocycles. The van der Waals surface area contributed by atoms with Gasteiger partial charge in [0.2, 0.25) is 0 Å². The van der Waals surface area contributed by atoms with Gasteiger partial charge in [-0.25, -0.2) is 9.78 Å². The Morgan fingerprint density at radius 2 is 1.92 bits per heavy atom. The third-order valence-corrected chi connectivity index (χ3v) is 4.27. The lowest BCUT2D eigenvalue weighted by Gasteiger charge is -2.12. The summed E-state index contributed by atoms with van der Waals surface area (Å²) in [6.07, 6.45) is 3.57. The summed E-state index contributed by atoms with van der Waals surface area (Å²) < 4.78 is 3.43. The summed E-state index contributed by atoms with van der Waals surface area (Å²) >= 11 is 5.83. The summed E-state index contributed by atoms with van der Waals surface area (Å²) in [6, 6.07) is 16.2. The predicted octanol–water partition coefficient (Wildman–Crippen LogP) is 3.11. The van der Waals surface area contributed by atoms with Gasteiger partial charge in [0.25, 0.3) is 0 Å². The van der Waals surface area contributed by atoms with Crippen LogP contribution in [0.4, 0.5) is 0 Å². The maximum atomic E-state index is 12.5. The standard InChI is InChI=1S/C19H12ClN5O/c20-17-8-5-14(11-22-17)12-24-9-1-2-16-18(24)23-19(26)25(16)15-6-3-13(10-21)4-7-15/h1-9,11H,12H2. The number of rotatable bonds is 3. The van der Waals surface area contributed by atoms with Crippen molar-refractivity contribution >= 4 is 11.6 Å². The maximum Gasteiger partial charge on any atom is 0.354 e. The zero-order chi connectivity index (χ0) is 18.1. The third-order valence-electron chi connectivity index (χ3n) is 4.05. The van der Waals surface area contributed by atoms with E-state index < -0.39 is 0 Å². The Kier molecular flexibility index (Phi) is 3.99. The number of halogens is 1. The second-order valence-electron chi connectivity index (χ2n) is 5.72. The second kappa shape index (κ2) is 6.47. The normalized spacial score (nSPS) is 10.8. The fourth-order valence-corrected chi connectivity index (χ4v) is 2.94. The predicted molar refractivity (Wildman–Crippen MR) is 97.5 cm³/mol. The first kappa shape index (κ1) is 16.1. The summed E-state index contributed by atoms with van der Waals surface area (Å²) in [5.41, 5.74) is 2.49. The summed E-state index contributed by atoms with van der Waals surface area (Å²) in [6.45, 7) is 0.519. The first-order valence-corrected chi connectivity index (χ1v) is 8.22. The van der Waals surface area contributed by atoms with Gasteiger partial charge in [0.05, 0.1) is 29.6 Å². The van der Waals surface area contributed by atoms with Crippen LogP contribution in [0, 0.1) is 11.3 Å². The van der Waals surface area contributed by atoms with E-state index in [0.717, 1.165) is 5.56 Å². The number of aromatic nitrogens is 4. The van der Waals surface area contributed by atoms with Crippen molar-refractivity contribution in [2.45, 2.75) is 6.54 Å². The van der Waals surface area contributed by atoms with Crippen LogP contribution in [0.25, 0.3) is 17.2 Å². The van der Waals surface area contributed by atoms with E-state index in [4.69, 9.17) is 16.9 Å². The molecule has 0 unspecified atom stereocenters. The molecule has 26 heavy (non-hydrogen) atoms. The Hall–Kier alpha value is -3.43.